The van der Waals surface area contributed by atoms with Gasteiger partial charge < -0.3 is 5.32 Å². The van der Waals surface area contributed by atoms with Gasteiger partial charge in [-0.15, -0.1) is 11.3 Å². The van der Waals surface area contributed by atoms with Gasteiger partial charge in [-0.1, -0.05) is 42.0 Å². The Hall–Kier alpha value is -2.92. The Bertz CT molecular complexity index is 1050. The SMILES string of the molecule is Cc1ccc(-c2nc3ccc(C)cn3c2NC(=O)c2cccs2)cc1. The van der Waals surface area contributed by atoms with E-state index in [1.807, 2.05) is 59.3 Å². The minimum atomic E-state index is -0.119. The second-order valence-electron chi connectivity index (χ2n) is 6.04. The topological polar surface area (TPSA) is 46.4 Å². The zero-order valence-corrected chi connectivity index (χ0v) is 14.8. The van der Waals surface area contributed by atoms with Crippen LogP contribution >= 0.6 is 11.3 Å². The van der Waals surface area contributed by atoms with Gasteiger partial charge in [-0.05, 0) is 36.9 Å². The minimum Gasteiger partial charge on any atom is -0.305 e. The fourth-order valence-electron chi connectivity index (χ4n) is 2.76. The molecule has 0 radical (unpaired) electrons. The molecule has 0 unspecified atom stereocenters. The third-order valence-corrected chi connectivity index (χ3v) is 4.94. The molecule has 4 aromatic rings. The van der Waals surface area contributed by atoms with E-state index in [4.69, 9.17) is 4.98 Å². The number of pyridine rings is 1. The number of aromatic nitrogens is 2. The number of nitrogens with zero attached hydrogens (tertiary/aromatic N) is 2. The van der Waals surface area contributed by atoms with Crippen LogP contribution in [0, 0.1) is 13.8 Å². The molecule has 1 aromatic carbocycles. The summed E-state index contributed by atoms with van der Waals surface area (Å²) in [5.74, 6) is 0.577. The molecule has 25 heavy (non-hydrogen) atoms. The molecule has 1 N–H and O–H groups in total. The Morgan fingerprint density at radius 3 is 2.52 bits per heavy atom. The zero-order chi connectivity index (χ0) is 17.4. The molecule has 0 bridgehead atoms. The number of amides is 1. The van der Waals surface area contributed by atoms with Crippen LogP contribution in [0.25, 0.3) is 16.9 Å². The molecule has 4 rings (SSSR count). The van der Waals surface area contributed by atoms with Crippen LogP contribution in [0.1, 0.15) is 20.8 Å². The van der Waals surface area contributed by atoms with Crippen LogP contribution < -0.4 is 5.32 Å². The summed E-state index contributed by atoms with van der Waals surface area (Å²) in [4.78, 5) is 18.0. The van der Waals surface area contributed by atoms with Crippen LogP contribution in [0.4, 0.5) is 5.82 Å². The molecule has 3 heterocycles. The number of imidazole rings is 1. The molecule has 0 atom stereocenters. The Morgan fingerprint density at radius 1 is 1.04 bits per heavy atom. The molecule has 3 aromatic heterocycles. The molecule has 0 aliphatic heterocycles. The normalized spacial score (nSPS) is 11.0. The predicted molar refractivity (Wildman–Crippen MR) is 102 cm³/mol. The summed E-state index contributed by atoms with van der Waals surface area (Å²) < 4.78 is 1.94. The molecule has 0 aliphatic rings. The van der Waals surface area contributed by atoms with Crippen LogP contribution in [-0.4, -0.2) is 15.3 Å². The number of carbonyl (C=O) groups is 1. The Labute approximate surface area is 149 Å². The highest BCUT2D eigenvalue weighted by Crippen LogP contribution is 2.30. The fourth-order valence-corrected chi connectivity index (χ4v) is 3.38. The van der Waals surface area contributed by atoms with E-state index < -0.39 is 0 Å². The van der Waals surface area contributed by atoms with Gasteiger partial charge in [0.05, 0.1) is 4.88 Å². The van der Waals surface area contributed by atoms with E-state index in [-0.39, 0.29) is 5.91 Å². The Balaban J connectivity index is 1.86. The first-order chi connectivity index (χ1) is 12.1. The van der Waals surface area contributed by atoms with E-state index in [0.717, 1.165) is 22.5 Å². The lowest BCUT2D eigenvalue weighted by Gasteiger charge is -2.07. The van der Waals surface area contributed by atoms with Gasteiger partial charge in [-0.2, -0.15) is 0 Å². The molecule has 124 valence electrons. The number of fused-ring (bicyclic) bond motifs is 1. The number of thiophene rings is 1. The van der Waals surface area contributed by atoms with E-state index in [2.05, 4.69) is 24.4 Å². The fraction of sp³-hybridized carbons (Fsp3) is 0.100. The Kier molecular flexibility index (Phi) is 3.86. The van der Waals surface area contributed by atoms with Crippen molar-refractivity contribution in [1.29, 1.82) is 0 Å². The molecule has 0 saturated carbocycles. The quantitative estimate of drug-likeness (QED) is 0.571. The van der Waals surface area contributed by atoms with Crippen LogP contribution in [0.15, 0.2) is 60.1 Å². The zero-order valence-electron chi connectivity index (χ0n) is 14.0. The van der Waals surface area contributed by atoms with Crippen molar-refractivity contribution in [3.8, 4) is 11.3 Å². The summed E-state index contributed by atoms with van der Waals surface area (Å²) in [6, 6.07) is 15.8. The van der Waals surface area contributed by atoms with Gasteiger partial charge in [0.2, 0.25) is 0 Å². The van der Waals surface area contributed by atoms with Crippen molar-refractivity contribution < 1.29 is 4.79 Å². The van der Waals surface area contributed by atoms with Gasteiger partial charge in [0, 0.05) is 11.8 Å². The molecule has 1 amide bonds. The maximum absolute atomic E-state index is 12.6. The molecular weight excluding hydrogens is 330 g/mol. The van der Waals surface area contributed by atoms with Crippen molar-refractivity contribution in [3.63, 3.8) is 0 Å². The van der Waals surface area contributed by atoms with E-state index in [1.165, 1.54) is 16.9 Å². The predicted octanol–water partition coefficient (Wildman–Crippen LogP) is 4.93. The summed E-state index contributed by atoms with van der Waals surface area (Å²) >= 11 is 1.42. The van der Waals surface area contributed by atoms with Crippen molar-refractivity contribution in [1.82, 2.24) is 9.38 Å². The first-order valence-corrected chi connectivity index (χ1v) is 8.90. The van der Waals surface area contributed by atoms with Gasteiger partial charge in [0.25, 0.3) is 5.91 Å². The van der Waals surface area contributed by atoms with Gasteiger partial charge >= 0.3 is 0 Å². The standard InChI is InChI=1S/C20H17N3OS/c1-13-5-8-15(9-6-13)18-19(22-20(24)16-4-3-11-25-16)23-12-14(2)7-10-17(23)21-18/h3-12H,1-2H3,(H,22,24). The highest BCUT2D eigenvalue weighted by Gasteiger charge is 2.17. The second kappa shape index (κ2) is 6.18. The number of nitrogens with one attached hydrogen (secondary N) is 1. The first kappa shape index (κ1) is 15.6. The monoisotopic (exact) mass is 347 g/mol. The van der Waals surface area contributed by atoms with E-state index in [0.29, 0.717) is 10.7 Å². The van der Waals surface area contributed by atoms with E-state index >= 15 is 0 Å². The van der Waals surface area contributed by atoms with Crippen molar-refractivity contribution in [3.05, 3.63) is 76.1 Å². The first-order valence-electron chi connectivity index (χ1n) is 8.02. The van der Waals surface area contributed by atoms with Crippen molar-refractivity contribution in [2.45, 2.75) is 13.8 Å². The summed E-state index contributed by atoms with van der Waals surface area (Å²) in [6.45, 7) is 4.08. The second-order valence-corrected chi connectivity index (χ2v) is 6.99. The molecule has 0 aliphatic carbocycles. The number of benzene rings is 1. The minimum absolute atomic E-state index is 0.119. The third kappa shape index (κ3) is 2.94. The maximum Gasteiger partial charge on any atom is 0.266 e. The molecule has 0 spiro atoms. The molecule has 5 heteroatoms. The number of hydrogen-bond acceptors (Lipinski definition) is 3. The van der Waals surface area contributed by atoms with Gasteiger partial charge in [0.15, 0.2) is 0 Å². The molecule has 0 fully saturated rings. The van der Waals surface area contributed by atoms with Crippen molar-refractivity contribution in [2.75, 3.05) is 5.32 Å². The Morgan fingerprint density at radius 2 is 1.80 bits per heavy atom. The summed E-state index contributed by atoms with van der Waals surface area (Å²) in [7, 11) is 0. The highest BCUT2D eigenvalue weighted by molar-refractivity contribution is 7.12. The third-order valence-electron chi connectivity index (χ3n) is 4.07. The van der Waals surface area contributed by atoms with Crippen LogP contribution in [-0.2, 0) is 0 Å². The number of carbonyl (C=O) groups excluding carboxylic acids is 1. The van der Waals surface area contributed by atoms with Gasteiger partial charge in [-0.3, -0.25) is 9.20 Å². The lowest BCUT2D eigenvalue weighted by Crippen LogP contribution is -2.12. The molecule has 0 saturated heterocycles. The number of aryl methyl sites for hydroxylation is 2. The highest BCUT2D eigenvalue weighted by atomic mass is 32.1. The molecular formula is C20H17N3OS. The number of rotatable bonds is 3. The van der Waals surface area contributed by atoms with Gasteiger partial charge in [0.1, 0.15) is 17.2 Å². The summed E-state index contributed by atoms with van der Waals surface area (Å²) in [5, 5.41) is 4.95. The lowest BCUT2D eigenvalue weighted by molar-refractivity contribution is 0.103. The molecule has 4 nitrogen and oxygen atoms in total. The summed E-state index contributed by atoms with van der Waals surface area (Å²) in [6.07, 6.45) is 1.99. The summed E-state index contributed by atoms with van der Waals surface area (Å²) in [5.41, 5.74) is 4.85. The van der Waals surface area contributed by atoms with E-state index in [1.54, 1.807) is 0 Å². The van der Waals surface area contributed by atoms with Crippen molar-refractivity contribution in [2.24, 2.45) is 0 Å². The average Bonchev–Trinajstić information content (AvgIpc) is 3.24. The average molecular weight is 347 g/mol. The maximum atomic E-state index is 12.6. The smallest absolute Gasteiger partial charge is 0.266 e. The van der Waals surface area contributed by atoms with Crippen molar-refractivity contribution >= 4 is 28.7 Å². The van der Waals surface area contributed by atoms with Crippen LogP contribution in [0.5, 0.6) is 0 Å². The van der Waals surface area contributed by atoms with Crippen LogP contribution in [0.2, 0.25) is 0 Å². The van der Waals surface area contributed by atoms with E-state index in [9.17, 15) is 4.79 Å². The largest absolute Gasteiger partial charge is 0.305 e. The number of anilines is 1. The van der Waals surface area contributed by atoms with Crippen LogP contribution in [0.3, 0.4) is 0 Å². The number of hydrogen-bond donors (Lipinski definition) is 1. The van der Waals surface area contributed by atoms with Gasteiger partial charge in [-0.25, -0.2) is 4.98 Å². The lowest BCUT2D eigenvalue weighted by atomic mass is 10.1.